The number of carbonyl (C=O) groups is 1. The average Bonchev–Trinajstić information content (AvgIpc) is 2.94. The monoisotopic (exact) mass is 308 g/mol. The van der Waals surface area contributed by atoms with Crippen LogP contribution in [0, 0.1) is 0 Å². The van der Waals surface area contributed by atoms with Crippen molar-refractivity contribution in [2.24, 2.45) is 0 Å². The number of hydrogen-bond acceptors (Lipinski definition) is 7. The van der Waals surface area contributed by atoms with Gasteiger partial charge in [0.15, 0.2) is 0 Å². The minimum Gasteiger partial charge on any atom is -0.497 e. The summed E-state index contributed by atoms with van der Waals surface area (Å²) in [5, 5.41) is 7.86. The van der Waals surface area contributed by atoms with Crippen LogP contribution in [-0.2, 0) is 16.0 Å². The minimum atomic E-state index is -0.385. The molecule has 0 unspecified atom stereocenters. The highest BCUT2D eigenvalue weighted by molar-refractivity contribution is 8.00. The van der Waals surface area contributed by atoms with Crippen molar-refractivity contribution < 1.29 is 18.7 Å². The zero-order valence-corrected chi connectivity index (χ0v) is 12.8. The molecule has 0 aliphatic carbocycles. The molecule has 112 valence electrons. The maximum Gasteiger partial charge on any atom is 0.319 e. The lowest BCUT2D eigenvalue weighted by atomic mass is 10.1. The van der Waals surface area contributed by atoms with Gasteiger partial charge in [0.05, 0.1) is 20.6 Å². The van der Waals surface area contributed by atoms with Crippen LogP contribution in [0.15, 0.2) is 33.9 Å². The average molecular weight is 308 g/mol. The van der Waals surface area contributed by atoms with Crippen molar-refractivity contribution in [2.75, 3.05) is 14.2 Å². The van der Waals surface area contributed by atoms with Crippen molar-refractivity contribution in [1.82, 2.24) is 10.2 Å². The van der Waals surface area contributed by atoms with Crippen molar-refractivity contribution in [2.45, 2.75) is 23.8 Å². The molecule has 0 N–H and O–H groups in total. The van der Waals surface area contributed by atoms with Gasteiger partial charge in [-0.1, -0.05) is 23.9 Å². The Bertz CT molecular complexity index is 597. The number of carbonyl (C=O) groups excluding carboxylic acids is 1. The maximum atomic E-state index is 11.3. The molecule has 1 aromatic carbocycles. The molecule has 1 aromatic heterocycles. The standard InChI is InChI=1S/C14H16N2O4S/c1-9(13(17)19-3)21-14-16-15-12(20-14)8-10-4-6-11(18-2)7-5-10/h4-7,9H,8H2,1-3H3/t9-/m0/s1. The number of methoxy groups -OCH3 is 2. The molecule has 0 saturated heterocycles. The number of ether oxygens (including phenoxy) is 2. The van der Waals surface area contributed by atoms with Crippen molar-refractivity contribution in [3.63, 3.8) is 0 Å². The summed E-state index contributed by atoms with van der Waals surface area (Å²) >= 11 is 1.18. The lowest BCUT2D eigenvalue weighted by Crippen LogP contribution is -2.14. The Kier molecular flexibility index (Phi) is 5.21. The van der Waals surface area contributed by atoms with E-state index in [0.717, 1.165) is 11.3 Å². The highest BCUT2D eigenvalue weighted by Gasteiger charge is 2.18. The van der Waals surface area contributed by atoms with Gasteiger partial charge < -0.3 is 13.9 Å². The van der Waals surface area contributed by atoms with E-state index in [1.165, 1.54) is 18.9 Å². The minimum absolute atomic E-state index is 0.324. The fourth-order valence-corrected chi connectivity index (χ4v) is 2.37. The van der Waals surface area contributed by atoms with Gasteiger partial charge in [-0.25, -0.2) is 0 Å². The predicted molar refractivity (Wildman–Crippen MR) is 77.4 cm³/mol. The van der Waals surface area contributed by atoms with E-state index in [1.807, 2.05) is 24.3 Å². The third kappa shape index (κ3) is 4.22. The lowest BCUT2D eigenvalue weighted by molar-refractivity contribution is -0.139. The molecule has 0 spiro atoms. The van der Waals surface area contributed by atoms with Gasteiger partial charge in [-0.2, -0.15) is 0 Å². The van der Waals surface area contributed by atoms with E-state index in [2.05, 4.69) is 14.9 Å². The largest absolute Gasteiger partial charge is 0.497 e. The number of rotatable bonds is 6. The number of aromatic nitrogens is 2. The molecule has 0 radical (unpaired) electrons. The van der Waals surface area contributed by atoms with Crippen molar-refractivity contribution in [3.8, 4) is 5.75 Å². The molecular formula is C14H16N2O4S. The van der Waals surface area contributed by atoms with Gasteiger partial charge in [-0.3, -0.25) is 4.79 Å². The van der Waals surface area contributed by atoms with E-state index in [4.69, 9.17) is 9.15 Å². The summed E-state index contributed by atoms with van der Waals surface area (Å²) in [4.78, 5) is 11.3. The quantitative estimate of drug-likeness (QED) is 0.599. The topological polar surface area (TPSA) is 74.5 Å². The van der Waals surface area contributed by atoms with Crippen LogP contribution in [0.1, 0.15) is 18.4 Å². The summed E-state index contributed by atoms with van der Waals surface area (Å²) in [6.45, 7) is 1.73. The summed E-state index contributed by atoms with van der Waals surface area (Å²) in [5.74, 6) is 0.974. The van der Waals surface area contributed by atoms with Gasteiger partial charge >= 0.3 is 5.97 Å². The van der Waals surface area contributed by atoms with Gasteiger partial charge in [0.2, 0.25) is 5.89 Å². The molecule has 6 nitrogen and oxygen atoms in total. The van der Waals surface area contributed by atoms with Gasteiger partial charge in [0, 0.05) is 0 Å². The second-order valence-electron chi connectivity index (χ2n) is 4.27. The molecule has 7 heteroatoms. The summed E-state index contributed by atoms with van der Waals surface area (Å²) < 4.78 is 15.3. The molecule has 2 rings (SSSR count). The molecular weight excluding hydrogens is 292 g/mol. The molecule has 2 aromatic rings. The van der Waals surface area contributed by atoms with E-state index in [-0.39, 0.29) is 11.2 Å². The molecule has 1 heterocycles. The van der Waals surface area contributed by atoms with E-state index < -0.39 is 0 Å². The van der Waals surface area contributed by atoms with Gasteiger partial charge in [0.25, 0.3) is 5.22 Å². The normalized spacial score (nSPS) is 12.0. The number of nitrogens with zero attached hydrogens (tertiary/aromatic N) is 2. The summed E-state index contributed by atoms with van der Waals surface area (Å²) in [6.07, 6.45) is 0.532. The SMILES string of the molecule is COC(=O)[C@H](C)Sc1nnc(Cc2ccc(OC)cc2)o1. The van der Waals surface area contributed by atoms with Crippen molar-refractivity contribution in [3.05, 3.63) is 35.7 Å². The van der Waals surface area contributed by atoms with Crippen molar-refractivity contribution in [1.29, 1.82) is 0 Å². The number of thioether (sulfide) groups is 1. The van der Waals surface area contributed by atoms with Gasteiger partial charge in [-0.15, -0.1) is 10.2 Å². The number of benzene rings is 1. The third-order valence-corrected chi connectivity index (χ3v) is 3.69. The van der Waals surface area contributed by atoms with Crippen LogP contribution in [0.5, 0.6) is 5.75 Å². The molecule has 0 aliphatic rings. The Hall–Kier alpha value is -2.02. The van der Waals surface area contributed by atoms with E-state index >= 15 is 0 Å². The van der Waals surface area contributed by atoms with Crippen LogP contribution < -0.4 is 4.74 Å². The second-order valence-corrected chi connectivity index (χ2v) is 5.56. The number of esters is 1. The molecule has 0 amide bonds. The fourth-order valence-electron chi connectivity index (χ4n) is 1.64. The van der Waals surface area contributed by atoms with Crippen LogP contribution in [-0.4, -0.2) is 35.6 Å². The molecule has 0 aliphatic heterocycles. The van der Waals surface area contributed by atoms with Crippen molar-refractivity contribution >= 4 is 17.7 Å². The van der Waals surface area contributed by atoms with Crippen LogP contribution >= 0.6 is 11.8 Å². The highest BCUT2D eigenvalue weighted by Crippen LogP contribution is 2.23. The maximum absolute atomic E-state index is 11.3. The molecule has 0 fully saturated rings. The van der Waals surface area contributed by atoms with E-state index in [0.29, 0.717) is 17.5 Å². The third-order valence-electron chi connectivity index (χ3n) is 2.77. The Labute approximate surface area is 126 Å². The Morgan fingerprint density at radius 1 is 1.29 bits per heavy atom. The first kappa shape index (κ1) is 15.4. The Balaban J connectivity index is 1.97. The fraction of sp³-hybridized carbons (Fsp3) is 0.357. The van der Waals surface area contributed by atoms with Crippen LogP contribution in [0.3, 0.4) is 0 Å². The molecule has 0 saturated carbocycles. The summed E-state index contributed by atoms with van der Waals surface area (Å²) in [5.41, 5.74) is 1.04. The Morgan fingerprint density at radius 2 is 2.00 bits per heavy atom. The molecule has 0 bridgehead atoms. The zero-order valence-electron chi connectivity index (χ0n) is 12.0. The van der Waals surface area contributed by atoms with E-state index in [1.54, 1.807) is 14.0 Å². The molecule has 1 atom stereocenters. The lowest BCUT2D eigenvalue weighted by Gasteiger charge is -2.04. The second kappa shape index (κ2) is 7.12. The first-order chi connectivity index (χ1) is 10.1. The van der Waals surface area contributed by atoms with Gasteiger partial charge in [-0.05, 0) is 24.6 Å². The Morgan fingerprint density at radius 3 is 2.62 bits per heavy atom. The van der Waals surface area contributed by atoms with E-state index in [9.17, 15) is 4.79 Å². The van der Waals surface area contributed by atoms with Crippen LogP contribution in [0.25, 0.3) is 0 Å². The number of hydrogen-bond donors (Lipinski definition) is 0. The predicted octanol–water partition coefficient (Wildman–Crippen LogP) is 2.32. The van der Waals surface area contributed by atoms with Crippen LogP contribution in [0.4, 0.5) is 0 Å². The summed E-state index contributed by atoms with van der Waals surface area (Å²) in [7, 11) is 2.97. The zero-order chi connectivity index (χ0) is 15.2. The first-order valence-electron chi connectivity index (χ1n) is 6.32. The molecule has 21 heavy (non-hydrogen) atoms. The van der Waals surface area contributed by atoms with Crippen LogP contribution in [0.2, 0.25) is 0 Å². The smallest absolute Gasteiger partial charge is 0.319 e. The summed E-state index contributed by atoms with van der Waals surface area (Å²) in [6, 6.07) is 7.63. The highest BCUT2D eigenvalue weighted by atomic mass is 32.2. The first-order valence-corrected chi connectivity index (χ1v) is 7.20. The van der Waals surface area contributed by atoms with Gasteiger partial charge in [0.1, 0.15) is 11.0 Å².